The zero-order chi connectivity index (χ0) is 19.8. The lowest BCUT2D eigenvalue weighted by Gasteiger charge is -2.12. The Hall–Kier alpha value is -3.22. The average molecular weight is 372 g/mol. The SMILES string of the molecule is COc1cc(C=NNC(=O)COc2ccc(C)cc2C)cc(OC)c1OC. The minimum Gasteiger partial charge on any atom is -0.493 e. The first-order valence-electron chi connectivity index (χ1n) is 8.30. The summed E-state index contributed by atoms with van der Waals surface area (Å²) in [6.45, 7) is 3.81. The van der Waals surface area contributed by atoms with E-state index in [1.165, 1.54) is 27.5 Å². The Bertz CT molecular complexity index is 808. The van der Waals surface area contributed by atoms with E-state index < -0.39 is 0 Å². The molecule has 0 atom stereocenters. The van der Waals surface area contributed by atoms with Crippen LogP contribution in [0, 0.1) is 13.8 Å². The highest BCUT2D eigenvalue weighted by molar-refractivity contribution is 5.84. The lowest BCUT2D eigenvalue weighted by Crippen LogP contribution is -2.24. The van der Waals surface area contributed by atoms with E-state index in [-0.39, 0.29) is 12.5 Å². The van der Waals surface area contributed by atoms with Gasteiger partial charge in [-0.2, -0.15) is 5.10 Å². The van der Waals surface area contributed by atoms with Crippen molar-refractivity contribution < 1.29 is 23.7 Å². The molecule has 7 heteroatoms. The number of hydrogen-bond donors (Lipinski definition) is 1. The van der Waals surface area contributed by atoms with E-state index in [0.29, 0.717) is 28.6 Å². The molecule has 0 unspecified atom stereocenters. The summed E-state index contributed by atoms with van der Waals surface area (Å²) in [4.78, 5) is 11.9. The lowest BCUT2D eigenvalue weighted by molar-refractivity contribution is -0.123. The fourth-order valence-electron chi connectivity index (χ4n) is 2.49. The Labute approximate surface area is 158 Å². The van der Waals surface area contributed by atoms with Crippen LogP contribution in [0.4, 0.5) is 0 Å². The van der Waals surface area contributed by atoms with Crippen LogP contribution in [-0.2, 0) is 4.79 Å². The maximum atomic E-state index is 11.9. The molecule has 2 aromatic carbocycles. The van der Waals surface area contributed by atoms with E-state index in [1.54, 1.807) is 12.1 Å². The molecule has 0 heterocycles. The summed E-state index contributed by atoms with van der Waals surface area (Å²) in [5.74, 6) is 1.80. The third kappa shape index (κ3) is 5.37. The predicted molar refractivity (Wildman–Crippen MR) is 103 cm³/mol. The maximum absolute atomic E-state index is 11.9. The Balaban J connectivity index is 1.97. The Morgan fingerprint density at radius 1 is 1.00 bits per heavy atom. The quantitative estimate of drug-likeness (QED) is 0.569. The highest BCUT2D eigenvalue weighted by Gasteiger charge is 2.12. The van der Waals surface area contributed by atoms with Gasteiger partial charge in [0.25, 0.3) is 5.91 Å². The molecule has 7 nitrogen and oxygen atoms in total. The van der Waals surface area contributed by atoms with Crippen molar-refractivity contribution in [3.05, 3.63) is 47.0 Å². The molecule has 0 aromatic heterocycles. The van der Waals surface area contributed by atoms with Crippen molar-refractivity contribution in [2.24, 2.45) is 5.10 Å². The van der Waals surface area contributed by atoms with Gasteiger partial charge in [0, 0.05) is 5.56 Å². The number of carbonyl (C=O) groups excluding carboxylic acids is 1. The maximum Gasteiger partial charge on any atom is 0.277 e. The normalized spacial score (nSPS) is 10.6. The summed E-state index contributed by atoms with van der Waals surface area (Å²) in [5, 5.41) is 3.94. The number of carbonyl (C=O) groups is 1. The highest BCUT2D eigenvalue weighted by Crippen LogP contribution is 2.37. The van der Waals surface area contributed by atoms with Crippen LogP contribution in [-0.4, -0.2) is 40.1 Å². The van der Waals surface area contributed by atoms with Crippen molar-refractivity contribution in [1.29, 1.82) is 0 Å². The number of aryl methyl sites for hydroxylation is 2. The van der Waals surface area contributed by atoms with Crippen LogP contribution < -0.4 is 24.4 Å². The Morgan fingerprint density at radius 3 is 2.22 bits per heavy atom. The van der Waals surface area contributed by atoms with Crippen molar-refractivity contribution in [1.82, 2.24) is 5.43 Å². The van der Waals surface area contributed by atoms with Crippen molar-refractivity contribution in [2.45, 2.75) is 13.8 Å². The molecule has 0 saturated heterocycles. The molecule has 0 saturated carbocycles. The molecule has 1 N–H and O–H groups in total. The number of nitrogens with one attached hydrogen (secondary N) is 1. The zero-order valence-electron chi connectivity index (χ0n) is 16.2. The van der Waals surface area contributed by atoms with Crippen molar-refractivity contribution in [2.75, 3.05) is 27.9 Å². The first-order valence-corrected chi connectivity index (χ1v) is 8.30. The van der Waals surface area contributed by atoms with E-state index >= 15 is 0 Å². The van der Waals surface area contributed by atoms with Crippen LogP contribution in [0.1, 0.15) is 16.7 Å². The number of hydrazone groups is 1. The van der Waals surface area contributed by atoms with E-state index in [9.17, 15) is 4.79 Å². The minimum atomic E-state index is -0.362. The van der Waals surface area contributed by atoms with Crippen molar-refractivity contribution in [3.63, 3.8) is 0 Å². The molecule has 0 spiro atoms. The van der Waals surface area contributed by atoms with Crippen LogP contribution in [0.25, 0.3) is 0 Å². The van der Waals surface area contributed by atoms with Crippen LogP contribution in [0.5, 0.6) is 23.0 Å². The summed E-state index contributed by atoms with van der Waals surface area (Å²) in [5.41, 5.74) is 5.22. The molecule has 0 radical (unpaired) electrons. The van der Waals surface area contributed by atoms with Gasteiger partial charge in [-0.1, -0.05) is 17.7 Å². The van der Waals surface area contributed by atoms with Crippen molar-refractivity contribution >= 4 is 12.1 Å². The van der Waals surface area contributed by atoms with Gasteiger partial charge in [0.1, 0.15) is 5.75 Å². The fourth-order valence-corrected chi connectivity index (χ4v) is 2.49. The number of amides is 1. The van der Waals surface area contributed by atoms with Crippen LogP contribution in [0.3, 0.4) is 0 Å². The monoisotopic (exact) mass is 372 g/mol. The topological polar surface area (TPSA) is 78.4 Å². The Morgan fingerprint density at radius 2 is 1.67 bits per heavy atom. The molecule has 0 fully saturated rings. The van der Waals surface area contributed by atoms with Crippen LogP contribution >= 0.6 is 0 Å². The summed E-state index contributed by atoms with van der Waals surface area (Å²) in [7, 11) is 4.60. The summed E-state index contributed by atoms with van der Waals surface area (Å²) in [6, 6.07) is 9.22. The van der Waals surface area contributed by atoms with Gasteiger partial charge in [0.2, 0.25) is 5.75 Å². The smallest absolute Gasteiger partial charge is 0.277 e. The Kier molecular flexibility index (Phi) is 7.05. The van der Waals surface area contributed by atoms with Crippen LogP contribution in [0.2, 0.25) is 0 Å². The van der Waals surface area contributed by atoms with E-state index in [0.717, 1.165) is 11.1 Å². The molecule has 0 aliphatic heterocycles. The number of methoxy groups -OCH3 is 3. The van der Waals surface area contributed by atoms with Gasteiger partial charge in [0.15, 0.2) is 18.1 Å². The van der Waals surface area contributed by atoms with Gasteiger partial charge in [-0.15, -0.1) is 0 Å². The molecule has 2 aromatic rings. The molecule has 0 aliphatic rings. The van der Waals surface area contributed by atoms with E-state index in [2.05, 4.69) is 10.5 Å². The number of rotatable bonds is 8. The standard InChI is InChI=1S/C20H24N2O5/c1-13-6-7-16(14(2)8-13)27-12-19(23)22-21-11-15-9-17(24-3)20(26-5)18(10-15)25-4/h6-11H,12H2,1-5H3,(H,22,23). The molecule has 0 bridgehead atoms. The van der Waals surface area contributed by atoms with Gasteiger partial charge in [0.05, 0.1) is 27.5 Å². The lowest BCUT2D eigenvalue weighted by atomic mass is 10.1. The van der Waals surface area contributed by atoms with E-state index in [1.807, 2.05) is 32.0 Å². The molecule has 1 amide bonds. The zero-order valence-corrected chi connectivity index (χ0v) is 16.2. The number of benzene rings is 2. The van der Waals surface area contributed by atoms with Gasteiger partial charge < -0.3 is 18.9 Å². The third-order valence-corrected chi connectivity index (χ3v) is 3.78. The molecule has 0 aliphatic carbocycles. The third-order valence-electron chi connectivity index (χ3n) is 3.78. The summed E-state index contributed by atoms with van der Waals surface area (Å²) >= 11 is 0. The highest BCUT2D eigenvalue weighted by atomic mass is 16.5. The molecular formula is C20H24N2O5. The van der Waals surface area contributed by atoms with Crippen molar-refractivity contribution in [3.8, 4) is 23.0 Å². The first-order chi connectivity index (χ1) is 13.0. The molecule has 2 rings (SSSR count). The number of ether oxygens (including phenoxy) is 4. The second kappa shape index (κ2) is 9.47. The van der Waals surface area contributed by atoms with Gasteiger partial charge in [-0.3, -0.25) is 4.79 Å². The average Bonchev–Trinajstić information content (AvgIpc) is 2.66. The number of nitrogens with zero attached hydrogens (tertiary/aromatic N) is 1. The predicted octanol–water partition coefficient (Wildman–Crippen LogP) is 2.86. The second-order valence-corrected chi connectivity index (χ2v) is 5.81. The van der Waals surface area contributed by atoms with Gasteiger partial charge in [-0.25, -0.2) is 5.43 Å². The number of hydrogen-bond acceptors (Lipinski definition) is 6. The largest absolute Gasteiger partial charge is 0.493 e. The fraction of sp³-hybridized carbons (Fsp3) is 0.300. The summed E-state index contributed by atoms with van der Waals surface area (Å²) < 4.78 is 21.3. The molecular weight excluding hydrogens is 348 g/mol. The van der Waals surface area contributed by atoms with Gasteiger partial charge >= 0.3 is 0 Å². The minimum absolute atomic E-state index is 0.128. The summed E-state index contributed by atoms with van der Waals surface area (Å²) in [6.07, 6.45) is 1.49. The second-order valence-electron chi connectivity index (χ2n) is 5.81. The molecule has 144 valence electrons. The molecule has 27 heavy (non-hydrogen) atoms. The van der Waals surface area contributed by atoms with Gasteiger partial charge in [-0.05, 0) is 37.6 Å². The first kappa shape index (κ1) is 20.1. The van der Waals surface area contributed by atoms with E-state index in [4.69, 9.17) is 18.9 Å². The van der Waals surface area contributed by atoms with Crippen LogP contribution in [0.15, 0.2) is 35.4 Å².